The smallest absolute Gasteiger partial charge is 0.254 e. The minimum absolute atomic E-state index is 0.0634. The standard InChI is InChI=1S/C18H23FN2O2/c19-15-3-1-2-14(8-15)18(22)21-7-6-20-11-17(9-16(20)10-21)23-12-13-4-5-13/h1-3,8,13,16-17H,4-7,9-12H2/t16-,17+/m0/s1. The summed E-state index contributed by atoms with van der Waals surface area (Å²) in [6.45, 7) is 4.20. The Bertz CT molecular complexity index is 590. The zero-order valence-corrected chi connectivity index (χ0v) is 13.3. The third-order valence-corrected chi connectivity index (χ3v) is 5.20. The van der Waals surface area contributed by atoms with Gasteiger partial charge in [-0.15, -0.1) is 0 Å². The lowest BCUT2D eigenvalue weighted by atomic mass is 10.1. The maximum Gasteiger partial charge on any atom is 0.254 e. The van der Waals surface area contributed by atoms with Crippen LogP contribution in [0.4, 0.5) is 4.39 Å². The number of amides is 1. The van der Waals surface area contributed by atoms with Gasteiger partial charge < -0.3 is 9.64 Å². The van der Waals surface area contributed by atoms with Crippen molar-refractivity contribution >= 4 is 5.91 Å². The molecule has 23 heavy (non-hydrogen) atoms. The van der Waals surface area contributed by atoms with Crippen molar-refractivity contribution in [2.45, 2.75) is 31.4 Å². The van der Waals surface area contributed by atoms with E-state index in [2.05, 4.69) is 4.90 Å². The SMILES string of the molecule is O=C(c1cccc(F)c1)N1CCN2C[C@H](OCC3CC3)C[C@H]2C1. The van der Waals surface area contributed by atoms with Crippen molar-refractivity contribution in [1.29, 1.82) is 0 Å². The molecule has 1 aromatic rings. The van der Waals surface area contributed by atoms with Crippen LogP contribution in [0.2, 0.25) is 0 Å². The molecule has 3 aliphatic rings. The summed E-state index contributed by atoms with van der Waals surface area (Å²) < 4.78 is 19.3. The van der Waals surface area contributed by atoms with E-state index in [0.717, 1.165) is 38.6 Å². The molecule has 0 spiro atoms. The van der Waals surface area contributed by atoms with Crippen LogP contribution in [0, 0.1) is 11.7 Å². The highest BCUT2D eigenvalue weighted by molar-refractivity contribution is 5.94. The van der Waals surface area contributed by atoms with Crippen LogP contribution in [0.3, 0.4) is 0 Å². The number of carbonyl (C=O) groups is 1. The number of ether oxygens (including phenoxy) is 1. The van der Waals surface area contributed by atoms with Gasteiger partial charge in [-0.05, 0) is 43.4 Å². The van der Waals surface area contributed by atoms with Gasteiger partial charge in [0, 0.05) is 44.4 Å². The van der Waals surface area contributed by atoms with Crippen molar-refractivity contribution in [3.8, 4) is 0 Å². The molecule has 124 valence electrons. The first-order valence-corrected chi connectivity index (χ1v) is 8.59. The van der Waals surface area contributed by atoms with Gasteiger partial charge in [0.2, 0.25) is 0 Å². The quantitative estimate of drug-likeness (QED) is 0.853. The number of nitrogens with zero attached hydrogens (tertiary/aromatic N) is 2. The van der Waals surface area contributed by atoms with Crippen molar-refractivity contribution < 1.29 is 13.9 Å². The molecular formula is C18H23FN2O2. The van der Waals surface area contributed by atoms with Crippen LogP contribution in [0.15, 0.2) is 24.3 Å². The molecule has 3 fully saturated rings. The first kappa shape index (κ1) is 15.1. The molecule has 1 aromatic carbocycles. The second-order valence-electron chi connectivity index (χ2n) is 7.04. The third kappa shape index (κ3) is 3.40. The molecule has 2 aliphatic heterocycles. The van der Waals surface area contributed by atoms with Crippen LogP contribution in [0.5, 0.6) is 0 Å². The fourth-order valence-electron chi connectivity index (χ4n) is 3.66. The topological polar surface area (TPSA) is 32.8 Å². The molecule has 0 N–H and O–H groups in total. The minimum Gasteiger partial charge on any atom is -0.377 e. The van der Waals surface area contributed by atoms with Gasteiger partial charge in [-0.3, -0.25) is 9.69 Å². The van der Waals surface area contributed by atoms with Gasteiger partial charge in [-0.1, -0.05) is 6.07 Å². The molecule has 0 unspecified atom stereocenters. The molecule has 4 rings (SSSR count). The highest BCUT2D eigenvalue weighted by atomic mass is 19.1. The van der Waals surface area contributed by atoms with Gasteiger partial charge in [0.05, 0.1) is 6.10 Å². The van der Waals surface area contributed by atoms with E-state index < -0.39 is 0 Å². The highest BCUT2D eigenvalue weighted by Gasteiger charge is 2.38. The maximum atomic E-state index is 13.3. The Morgan fingerprint density at radius 2 is 2.13 bits per heavy atom. The second kappa shape index (κ2) is 6.21. The molecular weight excluding hydrogens is 295 g/mol. The van der Waals surface area contributed by atoms with Crippen molar-refractivity contribution in [2.24, 2.45) is 5.92 Å². The predicted octanol–water partition coefficient (Wildman–Crippen LogP) is 2.15. The lowest BCUT2D eigenvalue weighted by molar-refractivity contribution is 0.0492. The van der Waals surface area contributed by atoms with E-state index in [1.54, 1.807) is 12.1 Å². The molecule has 4 nitrogen and oxygen atoms in total. The van der Waals surface area contributed by atoms with E-state index >= 15 is 0 Å². The normalized spacial score (nSPS) is 28.0. The monoisotopic (exact) mass is 318 g/mol. The Kier molecular flexibility index (Phi) is 4.07. The summed E-state index contributed by atoms with van der Waals surface area (Å²) in [6.07, 6.45) is 3.94. The zero-order chi connectivity index (χ0) is 15.8. The van der Waals surface area contributed by atoms with E-state index in [1.807, 2.05) is 4.90 Å². The van der Waals surface area contributed by atoms with Crippen molar-refractivity contribution in [1.82, 2.24) is 9.80 Å². The van der Waals surface area contributed by atoms with Gasteiger partial charge in [0.1, 0.15) is 5.82 Å². The van der Waals surface area contributed by atoms with E-state index in [0.29, 0.717) is 24.3 Å². The number of hydrogen-bond acceptors (Lipinski definition) is 3. The van der Waals surface area contributed by atoms with Crippen LogP contribution in [-0.4, -0.2) is 60.6 Å². The van der Waals surface area contributed by atoms with E-state index in [1.165, 1.54) is 25.0 Å². The highest BCUT2D eigenvalue weighted by Crippen LogP contribution is 2.31. The average molecular weight is 318 g/mol. The molecule has 5 heteroatoms. The Balaban J connectivity index is 1.35. The first-order chi connectivity index (χ1) is 11.2. The molecule has 1 saturated carbocycles. The maximum absolute atomic E-state index is 13.3. The predicted molar refractivity (Wildman–Crippen MR) is 84.7 cm³/mol. The molecule has 0 radical (unpaired) electrons. The molecule has 2 heterocycles. The second-order valence-corrected chi connectivity index (χ2v) is 7.04. The first-order valence-electron chi connectivity index (χ1n) is 8.59. The summed E-state index contributed by atoms with van der Waals surface area (Å²) in [5.41, 5.74) is 0.443. The van der Waals surface area contributed by atoms with E-state index in [4.69, 9.17) is 4.74 Å². The molecule has 0 aromatic heterocycles. The Morgan fingerprint density at radius 3 is 2.91 bits per heavy atom. The van der Waals surface area contributed by atoms with Crippen LogP contribution in [0.1, 0.15) is 29.6 Å². The van der Waals surface area contributed by atoms with Crippen LogP contribution in [0.25, 0.3) is 0 Å². The molecule has 1 aliphatic carbocycles. The Hall–Kier alpha value is -1.46. The number of rotatable bonds is 4. The summed E-state index contributed by atoms with van der Waals surface area (Å²) in [5.74, 6) is 0.370. The largest absolute Gasteiger partial charge is 0.377 e. The van der Waals surface area contributed by atoms with Crippen LogP contribution >= 0.6 is 0 Å². The molecule has 1 amide bonds. The number of benzene rings is 1. The van der Waals surface area contributed by atoms with Gasteiger partial charge in [0.25, 0.3) is 5.91 Å². The summed E-state index contributed by atoms with van der Waals surface area (Å²) in [4.78, 5) is 16.9. The van der Waals surface area contributed by atoms with Crippen molar-refractivity contribution in [2.75, 3.05) is 32.8 Å². The molecule has 2 atom stereocenters. The van der Waals surface area contributed by atoms with Gasteiger partial charge in [-0.2, -0.15) is 0 Å². The summed E-state index contributed by atoms with van der Waals surface area (Å²) in [7, 11) is 0. The van der Waals surface area contributed by atoms with Gasteiger partial charge in [0.15, 0.2) is 0 Å². The average Bonchev–Trinajstić information content (AvgIpc) is 3.30. The van der Waals surface area contributed by atoms with Crippen molar-refractivity contribution in [3.63, 3.8) is 0 Å². The fourth-order valence-corrected chi connectivity index (χ4v) is 3.66. The summed E-state index contributed by atoms with van der Waals surface area (Å²) in [6, 6.07) is 6.35. The summed E-state index contributed by atoms with van der Waals surface area (Å²) in [5, 5.41) is 0. The zero-order valence-electron chi connectivity index (χ0n) is 13.3. The number of piperazine rings is 1. The lowest BCUT2D eigenvalue weighted by Gasteiger charge is -2.37. The minimum atomic E-state index is -0.358. The Morgan fingerprint density at radius 1 is 1.26 bits per heavy atom. The Labute approximate surface area is 136 Å². The van der Waals surface area contributed by atoms with Gasteiger partial charge >= 0.3 is 0 Å². The van der Waals surface area contributed by atoms with E-state index in [-0.39, 0.29) is 11.7 Å². The molecule has 0 bridgehead atoms. The number of carbonyl (C=O) groups excluding carboxylic acids is 1. The third-order valence-electron chi connectivity index (χ3n) is 5.20. The van der Waals surface area contributed by atoms with Crippen LogP contribution < -0.4 is 0 Å². The lowest BCUT2D eigenvalue weighted by Crippen LogP contribution is -2.52. The number of halogens is 1. The fraction of sp³-hybridized carbons (Fsp3) is 0.611. The summed E-state index contributed by atoms with van der Waals surface area (Å²) >= 11 is 0. The van der Waals surface area contributed by atoms with E-state index in [9.17, 15) is 9.18 Å². The van der Waals surface area contributed by atoms with Gasteiger partial charge in [-0.25, -0.2) is 4.39 Å². The van der Waals surface area contributed by atoms with Crippen molar-refractivity contribution in [3.05, 3.63) is 35.6 Å². The number of fused-ring (bicyclic) bond motifs is 1. The van der Waals surface area contributed by atoms with Crippen LogP contribution in [-0.2, 0) is 4.74 Å². The number of hydrogen-bond donors (Lipinski definition) is 0. The molecule has 2 saturated heterocycles.